The summed E-state index contributed by atoms with van der Waals surface area (Å²) in [4.78, 5) is 40.0. The maximum absolute atomic E-state index is 13.5. The third-order valence-electron chi connectivity index (χ3n) is 14.5. The molecule has 76 heavy (non-hydrogen) atoms. The zero-order chi connectivity index (χ0) is 55.7. The van der Waals surface area contributed by atoms with E-state index in [2.05, 4.69) is 62.5 Å². The number of nitrogens with zero attached hydrogens (tertiary/aromatic N) is 1. The average Bonchev–Trinajstić information content (AvgIpc) is 3.38. The number of quaternary nitrogens is 1. The zero-order valence-corrected chi connectivity index (χ0v) is 51.9. The number of unbranched alkanes of at least 4 members (excludes halogenated alkanes) is 37. The molecule has 0 aromatic carbocycles. The number of carbonyl (C=O) groups is 2. The van der Waals surface area contributed by atoms with E-state index in [9.17, 15) is 19.0 Å². The van der Waals surface area contributed by atoms with Crippen LogP contribution < -0.4 is 10.2 Å². The summed E-state index contributed by atoms with van der Waals surface area (Å²) in [6, 6.07) is -0.887. The standard InChI is InChI=1S/C66H125N2O7P/c1-7-10-13-16-19-22-25-28-30-31-32-33-34-35-36-37-38-41-44-47-50-53-56-59-66(70)75-64(57-54-51-48-45-42-39-27-24-21-18-15-12-9-3)63(62-74-76(71,72)73-61-60-68(4,5)6)67-65(69)58-55-52-49-46-43-40-29-26-23-20-17-14-11-8-2/h19,22,28,30,32-33,54,57,63-64H,7-18,20-21,23-27,29,31,34-53,55-56,58-62H2,1-6H3,(H-,67,69,71,72)/b22-19-,30-28-,33-32-,57-54+. The second kappa shape index (κ2) is 56.3. The lowest BCUT2D eigenvalue weighted by atomic mass is 10.0. The van der Waals surface area contributed by atoms with Crippen LogP contribution in [0.1, 0.15) is 310 Å². The third-order valence-corrected chi connectivity index (χ3v) is 15.5. The van der Waals surface area contributed by atoms with Crippen LogP contribution in [-0.4, -0.2) is 69.4 Å². The van der Waals surface area contributed by atoms with Gasteiger partial charge in [-0.3, -0.25) is 14.2 Å². The van der Waals surface area contributed by atoms with Crippen LogP contribution in [0.2, 0.25) is 0 Å². The Kier molecular flexibility index (Phi) is 54.7. The SMILES string of the molecule is CCCCC/C=C\C/C=C\C/C=C\CCCCCCCCCCCCC(=O)OC(/C=C/CCCCCCCCCCCCC)C(COP(=O)([O-])OCC[N+](C)(C)C)NC(=O)CCCCCCCCCCCCCCCC. The van der Waals surface area contributed by atoms with Gasteiger partial charge in [0, 0.05) is 12.8 Å². The third kappa shape index (κ3) is 56.7. The number of likely N-dealkylation sites (N-methyl/N-ethyl adjacent to an activating group) is 1. The van der Waals surface area contributed by atoms with E-state index < -0.39 is 20.0 Å². The molecule has 0 fully saturated rings. The van der Waals surface area contributed by atoms with Crippen LogP contribution in [0.5, 0.6) is 0 Å². The summed E-state index contributed by atoms with van der Waals surface area (Å²) < 4.78 is 30.4. The fourth-order valence-corrected chi connectivity index (χ4v) is 10.2. The van der Waals surface area contributed by atoms with E-state index >= 15 is 0 Å². The van der Waals surface area contributed by atoms with Gasteiger partial charge in [0.15, 0.2) is 0 Å². The molecule has 0 aliphatic heterocycles. The number of allylic oxidation sites excluding steroid dienone is 7. The summed E-state index contributed by atoms with van der Waals surface area (Å²) in [6.45, 7) is 6.85. The van der Waals surface area contributed by atoms with Crippen LogP contribution in [0.3, 0.4) is 0 Å². The van der Waals surface area contributed by atoms with E-state index in [1.54, 1.807) is 0 Å². The summed E-state index contributed by atoms with van der Waals surface area (Å²) >= 11 is 0. The minimum Gasteiger partial charge on any atom is -0.756 e. The molecular formula is C66H125N2O7P. The normalized spacial score (nSPS) is 13.9. The lowest BCUT2D eigenvalue weighted by molar-refractivity contribution is -0.870. The molecule has 446 valence electrons. The van der Waals surface area contributed by atoms with Gasteiger partial charge < -0.3 is 28.5 Å². The number of esters is 1. The van der Waals surface area contributed by atoms with Crippen molar-refractivity contribution in [1.29, 1.82) is 0 Å². The lowest BCUT2D eigenvalue weighted by Gasteiger charge is -2.30. The van der Waals surface area contributed by atoms with Crippen molar-refractivity contribution in [3.05, 3.63) is 48.6 Å². The predicted octanol–water partition coefficient (Wildman–Crippen LogP) is 19.4. The van der Waals surface area contributed by atoms with Gasteiger partial charge in [-0.1, -0.05) is 275 Å². The van der Waals surface area contributed by atoms with Crippen LogP contribution >= 0.6 is 7.82 Å². The van der Waals surface area contributed by atoms with Crippen molar-refractivity contribution in [2.24, 2.45) is 0 Å². The van der Waals surface area contributed by atoms with Crippen LogP contribution in [0, 0.1) is 0 Å². The summed E-state index contributed by atoms with van der Waals surface area (Å²) in [7, 11) is 1.19. The first-order valence-electron chi connectivity index (χ1n) is 32.4. The highest BCUT2D eigenvalue weighted by molar-refractivity contribution is 7.45. The van der Waals surface area contributed by atoms with Crippen molar-refractivity contribution in [3.8, 4) is 0 Å². The molecule has 0 heterocycles. The molecule has 0 saturated carbocycles. The molecule has 9 nitrogen and oxygen atoms in total. The molecule has 1 amide bonds. The van der Waals surface area contributed by atoms with Crippen molar-refractivity contribution in [1.82, 2.24) is 5.32 Å². The first-order valence-corrected chi connectivity index (χ1v) is 33.9. The van der Waals surface area contributed by atoms with E-state index in [0.29, 0.717) is 17.4 Å². The molecule has 0 aromatic rings. The van der Waals surface area contributed by atoms with Crippen LogP contribution in [0.15, 0.2) is 48.6 Å². The molecular weight excluding hydrogens is 964 g/mol. The van der Waals surface area contributed by atoms with Crippen molar-refractivity contribution < 1.29 is 37.3 Å². The molecule has 3 atom stereocenters. The first-order chi connectivity index (χ1) is 36.9. The molecule has 0 rings (SSSR count). The Morgan fingerprint density at radius 3 is 1.22 bits per heavy atom. The Morgan fingerprint density at radius 2 is 0.803 bits per heavy atom. The van der Waals surface area contributed by atoms with Crippen molar-refractivity contribution in [2.45, 2.75) is 322 Å². The van der Waals surface area contributed by atoms with E-state index in [1.807, 2.05) is 33.3 Å². The largest absolute Gasteiger partial charge is 0.756 e. The van der Waals surface area contributed by atoms with Gasteiger partial charge in [-0.25, -0.2) is 0 Å². The van der Waals surface area contributed by atoms with Gasteiger partial charge in [-0.05, 0) is 70.3 Å². The lowest BCUT2D eigenvalue weighted by Crippen LogP contribution is -2.47. The van der Waals surface area contributed by atoms with E-state index in [0.717, 1.165) is 70.6 Å². The zero-order valence-electron chi connectivity index (χ0n) is 51.0. The Hall–Kier alpha value is -2.03. The van der Waals surface area contributed by atoms with Crippen LogP contribution in [-0.2, 0) is 27.9 Å². The van der Waals surface area contributed by atoms with Crippen LogP contribution in [0.4, 0.5) is 0 Å². The quantitative estimate of drug-likeness (QED) is 0.0212. The fraction of sp³-hybridized carbons (Fsp3) is 0.848. The Labute approximate surface area is 471 Å². The minimum absolute atomic E-state index is 0.0213. The molecule has 3 unspecified atom stereocenters. The highest BCUT2D eigenvalue weighted by Crippen LogP contribution is 2.38. The van der Waals surface area contributed by atoms with E-state index in [4.69, 9.17) is 13.8 Å². The van der Waals surface area contributed by atoms with Gasteiger partial charge in [0.1, 0.15) is 19.3 Å². The number of amides is 1. The highest BCUT2D eigenvalue weighted by Gasteiger charge is 2.27. The second-order valence-corrected chi connectivity index (χ2v) is 24.7. The molecule has 0 aliphatic carbocycles. The van der Waals surface area contributed by atoms with Crippen molar-refractivity contribution >= 4 is 19.7 Å². The number of hydrogen-bond acceptors (Lipinski definition) is 7. The molecule has 0 bridgehead atoms. The van der Waals surface area contributed by atoms with Gasteiger partial charge in [0.25, 0.3) is 7.82 Å². The average molecular weight is 1090 g/mol. The Balaban J connectivity index is 5.17. The summed E-state index contributed by atoms with van der Waals surface area (Å²) in [6.07, 6.45) is 69.3. The van der Waals surface area contributed by atoms with Gasteiger partial charge >= 0.3 is 5.97 Å². The number of nitrogens with one attached hydrogen (secondary N) is 1. The number of carbonyl (C=O) groups excluding carboxylic acids is 2. The van der Waals surface area contributed by atoms with Gasteiger partial charge in [0.2, 0.25) is 5.91 Å². The fourth-order valence-electron chi connectivity index (χ4n) is 9.47. The number of phosphoric acid groups is 1. The first kappa shape index (κ1) is 74.0. The Bertz CT molecular complexity index is 1440. The highest BCUT2D eigenvalue weighted by atomic mass is 31.2. The molecule has 0 aromatic heterocycles. The monoisotopic (exact) mass is 1090 g/mol. The molecule has 10 heteroatoms. The maximum Gasteiger partial charge on any atom is 0.306 e. The van der Waals surface area contributed by atoms with Gasteiger partial charge in [0.05, 0.1) is 33.8 Å². The van der Waals surface area contributed by atoms with Gasteiger partial charge in [-0.2, -0.15) is 0 Å². The summed E-state index contributed by atoms with van der Waals surface area (Å²) in [5, 5.41) is 3.04. The topological polar surface area (TPSA) is 114 Å². The van der Waals surface area contributed by atoms with Crippen molar-refractivity contribution in [3.63, 3.8) is 0 Å². The number of ether oxygens (including phenoxy) is 1. The summed E-state index contributed by atoms with van der Waals surface area (Å²) in [5.41, 5.74) is 0. The molecule has 1 N–H and O–H groups in total. The predicted molar refractivity (Wildman–Crippen MR) is 326 cm³/mol. The molecule has 0 aliphatic rings. The summed E-state index contributed by atoms with van der Waals surface area (Å²) in [5.74, 6) is -0.533. The molecule has 0 saturated heterocycles. The van der Waals surface area contributed by atoms with Crippen molar-refractivity contribution in [2.75, 3.05) is 40.9 Å². The second-order valence-electron chi connectivity index (χ2n) is 23.3. The Morgan fingerprint density at radius 1 is 0.461 bits per heavy atom. The number of phosphoric ester groups is 1. The molecule has 0 spiro atoms. The maximum atomic E-state index is 13.5. The van der Waals surface area contributed by atoms with Gasteiger partial charge in [-0.15, -0.1) is 0 Å². The number of hydrogen-bond donors (Lipinski definition) is 1. The van der Waals surface area contributed by atoms with E-state index in [1.165, 1.54) is 205 Å². The van der Waals surface area contributed by atoms with E-state index in [-0.39, 0.29) is 31.5 Å². The smallest absolute Gasteiger partial charge is 0.306 e. The molecule has 0 radical (unpaired) electrons. The van der Waals surface area contributed by atoms with Crippen LogP contribution in [0.25, 0.3) is 0 Å². The minimum atomic E-state index is -4.70. The number of rotatable bonds is 59.